The van der Waals surface area contributed by atoms with Gasteiger partial charge in [0.1, 0.15) is 11.3 Å². The molecule has 138 valence electrons. The number of halogens is 2. The van der Waals surface area contributed by atoms with Crippen molar-refractivity contribution >= 4 is 43.8 Å². The van der Waals surface area contributed by atoms with Gasteiger partial charge in [0.25, 0.3) is 5.89 Å². The molecule has 0 unspecified atom stereocenters. The van der Waals surface area contributed by atoms with Gasteiger partial charge >= 0.3 is 5.91 Å². The average Bonchev–Trinajstić information content (AvgIpc) is 3.20. The first-order valence-corrected chi connectivity index (χ1v) is 9.34. The summed E-state index contributed by atoms with van der Waals surface area (Å²) >= 11 is 3.36. The Bertz CT molecular complexity index is 1180. The number of aryl methyl sites for hydroxylation is 2. The van der Waals surface area contributed by atoms with E-state index >= 15 is 0 Å². The maximum Gasteiger partial charge on any atom is 0.307 e. The van der Waals surface area contributed by atoms with E-state index in [1.165, 1.54) is 6.07 Å². The largest absolute Gasteiger partial charge is 0.432 e. The molecule has 0 saturated carbocycles. The smallest absolute Gasteiger partial charge is 0.307 e. The van der Waals surface area contributed by atoms with Crippen LogP contribution in [0.3, 0.4) is 0 Å². The first kappa shape index (κ1) is 17.7. The first-order chi connectivity index (χ1) is 12.9. The lowest BCUT2D eigenvalue weighted by atomic mass is 10.0. The van der Waals surface area contributed by atoms with Gasteiger partial charge in [-0.3, -0.25) is 4.79 Å². The van der Waals surface area contributed by atoms with Gasteiger partial charge in [-0.2, -0.15) is 0 Å². The summed E-state index contributed by atoms with van der Waals surface area (Å²) in [6.07, 6.45) is 0.577. The number of nitrogens with zero attached hydrogens (tertiary/aromatic N) is 1. The Morgan fingerprint density at radius 1 is 1.30 bits per heavy atom. The van der Waals surface area contributed by atoms with Gasteiger partial charge in [-0.05, 0) is 55.7 Å². The Labute approximate surface area is 163 Å². The minimum absolute atomic E-state index is 0.0287. The number of aromatic nitrogens is 2. The van der Waals surface area contributed by atoms with E-state index in [-0.39, 0.29) is 17.6 Å². The number of hydrogen-bond acceptors (Lipinski definition) is 3. The minimum atomic E-state index is -0.372. The number of fused-ring (bicyclic) bond motifs is 2. The molecule has 2 aromatic carbocycles. The van der Waals surface area contributed by atoms with E-state index in [9.17, 15) is 9.18 Å². The van der Waals surface area contributed by atoms with Crippen LogP contribution < -0.4 is 5.32 Å². The van der Waals surface area contributed by atoms with Crippen LogP contribution in [0.1, 0.15) is 27.5 Å². The fraction of sp³-hybridized carbons (Fsp3) is 0.200. The molecular formula is C20H17BrFN3O2. The highest BCUT2D eigenvalue weighted by Gasteiger charge is 2.16. The Kier molecular flexibility index (Phi) is 4.47. The number of carbonyl (C=O) groups is 1. The van der Waals surface area contributed by atoms with Crippen molar-refractivity contribution < 1.29 is 13.6 Å². The zero-order valence-corrected chi connectivity index (χ0v) is 16.4. The number of carbonyl (C=O) groups excluding carboxylic acids is 1. The van der Waals surface area contributed by atoms with E-state index in [4.69, 9.17) is 4.42 Å². The molecule has 0 bridgehead atoms. The van der Waals surface area contributed by atoms with E-state index < -0.39 is 0 Å². The lowest BCUT2D eigenvalue weighted by Gasteiger charge is -2.05. The molecule has 0 atom stereocenters. The number of nitrogens with one attached hydrogen (secondary N) is 2. The van der Waals surface area contributed by atoms with Crippen molar-refractivity contribution in [1.29, 1.82) is 0 Å². The van der Waals surface area contributed by atoms with Crippen LogP contribution in [0.15, 0.2) is 39.2 Å². The Balaban J connectivity index is 1.51. The molecule has 4 rings (SSSR count). The number of benzene rings is 2. The molecule has 0 fully saturated rings. The van der Waals surface area contributed by atoms with E-state index in [0.29, 0.717) is 29.6 Å². The number of hydrogen-bond donors (Lipinski definition) is 2. The number of H-pyrrole nitrogens is 1. The Morgan fingerprint density at radius 2 is 2.11 bits per heavy atom. The monoisotopic (exact) mass is 429 g/mol. The topological polar surface area (TPSA) is 70.9 Å². The van der Waals surface area contributed by atoms with Gasteiger partial charge in [-0.15, -0.1) is 0 Å². The lowest BCUT2D eigenvalue weighted by molar-refractivity contribution is 0.0922. The molecule has 2 heterocycles. The second-order valence-corrected chi connectivity index (χ2v) is 7.40. The molecule has 0 radical (unpaired) electrons. The van der Waals surface area contributed by atoms with Gasteiger partial charge in [0, 0.05) is 22.1 Å². The molecule has 27 heavy (non-hydrogen) atoms. The van der Waals surface area contributed by atoms with Gasteiger partial charge in [-0.1, -0.05) is 22.0 Å². The summed E-state index contributed by atoms with van der Waals surface area (Å²) in [5, 5.41) is 3.71. The van der Waals surface area contributed by atoms with E-state index in [2.05, 4.69) is 31.2 Å². The second-order valence-electron chi connectivity index (χ2n) is 6.48. The maximum atomic E-state index is 14.0. The zero-order valence-electron chi connectivity index (χ0n) is 14.8. The van der Waals surface area contributed by atoms with Gasteiger partial charge in [-0.25, -0.2) is 9.37 Å². The van der Waals surface area contributed by atoms with Gasteiger partial charge in [0.2, 0.25) is 0 Å². The summed E-state index contributed by atoms with van der Waals surface area (Å²) in [5.41, 5.74) is 4.60. The van der Waals surface area contributed by atoms with Gasteiger partial charge in [0.15, 0.2) is 5.58 Å². The first-order valence-electron chi connectivity index (χ1n) is 8.54. The fourth-order valence-corrected chi connectivity index (χ4v) is 3.67. The normalized spacial score (nSPS) is 11.4. The molecule has 4 aromatic rings. The summed E-state index contributed by atoms with van der Waals surface area (Å²) < 4.78 is 20.4. The molecule has 0 spiro atoms. The van der Waals surface area contributed by atoms with Crippen molar-refractivity contribution in [3.63, 3.8) is 0 Å². The third-order valence-electron chi connectivity index (χ3n) is 4.64. The van der Waals surface area contributed by atoms with Crippen molar-refractivity contribution in [2.75, 3.05) is 6.54 Å². The van der Waals surface area contributed by atoms with Crippen LogP contribution >= 0.6 is 15.9 Å². The zero-order chi connectivity index (χ0) is 19.1. The molecule has 0 aliphatic carbocycles. The standard InChI is InChI=1S/C20H17BrFN3O2/c1-10-3-5-14(22)18-17(10)13(11(2)24-18)7-8-23-19(26)20-25-15-6-4-12(21)9-16(15)27-20/h3-6,9,24H,7-8H2,1-2H3,(H,23,26). The molecule has 0 aliphatic heterocycles. The summed E-state index contributed by atoms with van der Waals surface area (Å²) in [6.45, 7) is 4.26. The van der Waals surface area contributed by atoms with Crippen LogP contribution in [0.5, 0.6) is 0 Å². The molecule has 1 amide bonds. The van der Waals surface area contributed by atoms with Crippen LogP contribution in [-0.4, -0.2) is 22.4 Å². The summed E-state index contributed by atoms with van der Waals surface area (Å²) in [5.74, 6) is -0.615. The van der Waals surface area contributed by atoms with Crippen LogP contribution in [-0.2, 0) is 6.42 Å². The molecule has 5 nitrogen and oxygen atoms in total. The number of rotatable bonds is 4. The molecule has 0 saturated heterocycles. The number of oxazole rings is 1. The van der Waals surface area contributed by atoms with Crippen molar-refractivity contribution in [1.82, 2.24) is 15.3 Å². The Hall–Kier alpha value is -2.67. The van der Waals surface area contributed by atoms with E-state index in [1.807, 2.05) is 19.9 Å². The predicted octanol–water partition coefficient (Wildman–Crippen LogP) is 4.80. The van der Waals surface area contributed by atoms with E-state index in [0.717, 1.165) is 26.7 Å². The summed E-state index contributed by atoms with van der Waals surface area (Å²) in [6, 6.07) is 8.63. The molecule has 2 aromatic heterocycles. The number of aromatic amines is 1. The van der Waals surface area contributed by atoms with Crippen LogP contribution in [0.25, 0.3) is 22.0 Å². The third kappa shape index (κ3) is 3.23. The molecular weight excluding hydrogens is 413 g/mol. The van der Waals surface area contributed by atoms with Crippen LogP contribution in [0, 0.1) is 19.7 Å². The van der Waals surface area contributed by atoms with Crippen molar-refractivity contribution in [2.24, 2.45) is 0 Å². The lowest BCUT2D eigenvalue weighted by Crippen LogP contribution is -2.26. The van der Waals surface area contributed by atoms with Gasteiger partial charge in [0.05, 0.1) is 5.52 Å². The molecule has 7 heteroatoms. The fourth-order valence-electron chi connectivity index (χ4n) is 3.33. The van der Waals surface area contributed by atoms with Crippen LogP contribution in [0.4, 0.5) is 4.39 Å². The van der Waals surface area contributed by atoms with Crippen LogP contribution in [0.2, 0.25) is 0 Å². The summed E-state index contributed by atoms with van der Waals surface area (Å²) in [7, 11) is 0. The summed E-state index contributed by atoms with van der Waals surface area (Å²) in [4.78, 5) is 19.7. The third-order valence-corrected chi connectivity index (χ3v) is 5.13. The minimum Gasteiger partial charge on any atom is -0.432 e. The number of amides is 1. The quantitative estimate of drug-likeness (QED) is 0.489. The SMILES string of the molecule is Cc1[nH]c2c(F)ccc(C)c2c1CCNC(=O)c1nc2ccc(Br)cc2o1. The highest BCUT2D eigenvalue weighted by atomic mass is 79.9. The maximum absolute atomic E-state index is 14.0. The van der Waals surface area contributed by atoms with Crippen molar-refractivity contribution in [3.8, 4) is 0 Å². The highest BCUT2D eigenvalue weighted by molar-refractivity contribution is 9.10. The predicted molar refractivity (Wildman–Crippen MR) is 105 cm³/mol. The van der Waals surface area contributed by atoms with Gasteiger partial charge < -0.3 is 14.7 Å². The highest BCUT2D eigenvalue weighted by Crippen LogP contribution is 2.28. The average molecular weight is 430 g/mol. The van der Waals surface area contributed by atoms with Crippen molar-refractivity contribution in [3.05, 3.63) is 63.3 Å². The molecule has 0 aliphatic rings. The Morgan fingerprint density at radius 3 is 2.93 bits per heavy atom. The van der Waals surface area contributed by atoms with Crippen molar-refractivity contribution in [2.45, 2.75) is 20.3 Å². The molecule has 2 N–H and O–H groups in total. The second kappa shape index (κ2) is 6.81. The van der Waals surface area contributed by atoms with E-state index in [1.54, 1.807) is 18.2 Å².